The highest BCUT2D eigenvalue weighted by molar-refractivity contribution is 7.98. The van der Waals surface area contributed by atoms with Crippen molar-refractivity contribution >= 4 is 23.4 Å². The topological polar surface area (TPSA) is 48.2 Å². The summed E-state index contributed by atoms with van der Waals surface area (Å²) >= 11 is 7.34. The van der Waals surface area contributed by atoms with Gasteiger partial charge in [0, 0.05) is 10.8 Å². The highest BCUT2D eigenvalue weighted by atomic mass is 35.5. The molecule has 0 aliphatic carbocycles. The van der Waals surface area contributed by atoms with Crippen LogP contribution in [0.1, 0.15) is 17.0 Å². The lowest BCUT2D eigenvalue weighted by molar-refractivity contribution is 0.252. The number of halogens is 1. The summed E-state index contributed by atoms with van der Waals surface area (Å²) in [7, 11) is 0. The van der Waals surface area contributed by atoms with Crippen LogP contribution in [0.25, 0.3) is 0 Å². The third-order valence-electron chi connectivity index (χ3n) is 3.11. The molecule has 0 radical (unpaired) electrons. The molecule has 0 aliphatic heterocycles. The molecule has 0 fully saturated rings. The Morgan fingerprint density at radius 3 is 2.52 bits per heavy atom. The number of benzene rings is 2. The molecular weight excluding hydrogens is 332 g/mol. The molecule has 6 heteroatoms. The maximum absolute atomic E-state index is 5.83. The van der Waals surface area contributed by atoms with Crippen LogP contribution in [0.2, 0.25) is 5.02 Å². The van der Waals surface area contributed by atoms with Crippen LogP contribution in [0.4, 0.5) is 0 Å². The minimum Gasteiger partial charge on any atom is -0.484 e. The number of hydrogen-bond donors (Lipinski definition) is 0. The molecule has 0 atom stereocenters. The van der Waals surface area contributed by atoms with E-state index in [0.29, 0.717) is 21.9 Å². The second-order valence-corrected chi connectivity index (χ2v) is 6.34. The summed E-state index contributed by atoms with van der Waals surface area (Å²) < 4.78 is 11.1. The van der Waals surface area contributed by atoms with Gasteiger partial charge in [-0.1, -0.05) is 53.2 Å². The second kappa shape index (κ2) is 7.53. The first-order chi connectivity index (χ1) is 11.2. The Bertz CT molecular complexity index is 693. The summed E-state index contributed by atoms with van der Waals surface area (Å²) in [5.41, 5.74) is 2.47. The Hall–Kier alpha value is -1.98. The Kier molecular flexibility index (Phi) is 5.20. The fourth-order valence-electron chi connectivity index (χ4n) is 1.86. The van der Waals surface area contributed by atoms with E-state index < -0.39 is 0 Å². The molecule has 0 bridgehead atoms. The summed E-state index contributed by atoms with van der Waals surface area (Å²) in [6, 6.07) is 15.5. The monoisotopic (exact) mass is 346 g/mol. The highest BCUT2D eigenvalue weighted by Crippen LogP contribution is 2.22. The SMILES string of the molecule is Cc1ccc(CSc2nnc(COc3ccc(Cl)cc3)o2)cc1. The lowest BCUT2D eigenvalue weighted by Crippen LogP contribution is -1.95. The van der Waals surface area contributed by atoms with Gasteiger partial charge in [-0.25, -0.2) is 0 Å². The highest BCUT2D eigenvalue weighted by Gasteiger charge is 2.08. The number of ether oxygens (including phenoxy) is 1. The van der Waals surface area contributed by atoms with Gasteiger partial charge in [0.2, 0.25) is 0 Å². The van der Waals surface area contributed by atoms with Crippen LogP contribution < -0.4 is 4.74 Å². The number of hydrogen-bond acceptors (Lipinski definition) is 5. The van der Waals surface area contributed by atoms with Crippen LogP contribution in [0.3, 0.4) is 0 Å². The molecule has 0 saturated heterocycles. The van der Waals surface area contributed by atoms with Gasteiger partial charge >= 0.3 is 0 Å². The summed E-state index contributed by atoms with van der Waals surface area (Å²) in [5, 5.41) is 9.22. The second-order valence-electron chi connectivity index (χ2n) is 4.98. The Morgan fingerprint density at radius 1 is 1.04 bits per heavy atom. The molecule has 0 amide bonds. The standard InChI is InChI=1S/C17H15ClN2O2S/c1-12-2-4-13(5-3-12)11-23-17-20-19-16(22-17)10-21-15-8-6-14(18)7-9-15/h2-9H,10-11H2,1H3. The van der Waals surface area contributed by atoms with E-state index in [0.717, 1.165) is 5.75 Å². The van der Waals surface area contributed by atoms with Crippen molar-refractivity contribution in [3.63, 3.8) is 0 Å². The molecule has 0 spiro atoms. The van der Waals surface area contributed by atoms with Gasteiger partial charge in [0.15, 0.2) is 6.61 Å². The smallest absolute Gasteiger partial charge is 0.277 e. The van der Waals surface area contributed by atoms with Crippen molar-refractivity contribution in [3.05, 3.63) is 70.6 Å². The number of rotatable bonds is 6. The van der Waals surface area contributed by atoms with Gasteiger partial charge in [-0.2, -0.15) is 0 Å². The fraction of sp³-hybridized carbons (Fsp3) is 0.176. The summed E-state index contributed by atoms with van der Waals surface area (Å²) in [5.74, 6) is 1.95. The van der Waals surface area contributed by atoms with Crippen LogP contribution in [-0.2, 0) is 12.4 Å². The van der Waals surface area contributed by atoms with Crippen LogP contribution in [0.15, 0.2) is 58.2 Å². The quantitative estimate of drug-likeness (QED) is 0.594. The largest absolute Gasteiger partial charge is 0.484 e. The Morgan fingerprint density at radius 2 is 1.78 bits per heavy atom. The summed E-state index contributed by atoms with van der Waals surface area (Å²) in [6.45, 7) is 2.31. The number of aryl methyl sites for hydroxylation is 1. The molecule has 2 aromatic carbocycles. The molecule has 0 unspecified atom stereocenters. The van der Waals surface area contributed by atoms with E-state index in [-0.39, 0.29) is 6.61 Å². The van der Waals surface area contributed by atoms with Crippen molar-refractivity contribution in [2.75, 3.05) is 0 Å². The zero-order chi connectivity index (χ0) is 16.1. The van der Waals surface area contributed by atoms with Gasteiger partial charge in [0.05, 0.1) is 0 Å². The molecular formula is C17H15ClN2O2S. The molecule has 1 aromatic heterocycles. The predicted octanol–water partition coefficient (Wildman–Crippen LogP) is 4.90. The third kappa shape index (κ3) is 4.74. The summed E-state index contributed by atoms with van der Waals surface area (Å²) in [6.07, 6.45) is 0. The molecule has 4 nitrogen and oxygen atoms in total. The first-order valence-corrected chi connectivity index (χ1v) is 8.44. The van der Waals surface area contributed by atoms with Gasteiger partial charge in [-0.05, 0) is 36.8 Å². The van der Waals surface area contributed by atoms with Gasteiger partial charge in [-0.15, -0.1) is 10.2 Å². The van der Waals surface area contributed by atoms with Crippen LogP contribution >= 0.6 is 23.4 Å². The average molecular weight is 347 g/mol. The fourth-order valence-corrected chi connectivity index (χ4v) is 2.72. The van der Waals surface area contributed by atoms with E-state index in [9.17, 15) is 0 Å². The van der Waals surface area contributed by atoms with Crippen molar-refractivity contribution in [1.29, 1.82) is 0 Å². The first kappa shape index (κ1) is 15.9. The zero-order valence-electron chi connectivity index (χ0n) is 12.5. The lowest BCUT2D eigenvalue weighted by Gasteiger charge is -2.02. The van der Waals surface area contributed by atoms with Crippen molar-refractivity contribution < 1.29 is 9.15 Å². The van der Waals surface area contributed by atoms with E-state index in [1.807, 2.05) is 0 Å². The molecule has 3 aromatic rings. The van der Waals surface area contributed by atoms with Crippen molar-refractivity contribution in [3.8, 4) is 5.75 Å². The van der Waals surface area contributed by atoms with Gasteiger partial charge in [-0.3, -0.25) is 0 Å². The molecule has 118 valence electrons. The van der Waals surface area contributed by atoms with Gasteiger partial charge in [0.25, 0.3) is 11.1 Å². The minimum atomic E-state index is 0.236. The van der Waals surface area contributed by atoms with E-state index >= 15 is 0 Å². The Labute approximate surface area is 143 Å². The third-order valence-corrected chi connectivity index (χ3v) is 4.25. The average Bonchev–Trinajstić information content (AvgIpc) is 3.02. The maximum Gasteiger partial charge on any atom is 0.277 e. The van der Waals surface area contributed by atoms with Gasteiger partial charge < -0.3 is 9.15 Å². The van der Waals surface area contributed by atoms with E-state index in [1.54, 1.807) is 24.3 Å². The van der Waals surface area contributed by atoms with Crippen LogP contribution in [0, 0.1) is 6.92 Å². The zero-order valence-corrected chi connectivity index (χ0v) is 14.1. The summed E-state index contributed by atoms with van der Waals surface area (Å²) in [4.78, 5) is 0. The van der Waals surface area contributed by atoms with Crippen LogP contribution in [0.5, 0.6) is 5.75 Å². The number of thioether (sulfide) groups is 1. The minimum absolute atomic E-state index is 0.236. The van der Waals surface area contributed by atoms with E-state index in [1.165, 1.54) is 22.9 Å². The van der Waals surface area contributed by atoms with E-state index in [4.69, 9.17) is 20.8 Å². The molecule has 0 aliphatic rings. The van der Waals surface area contributed by atoms with Crippen molar-refractivity contribution in [2.24, 2.45) is 0 Å². The normalized spacial score (nSPS) is 10.7. The predicted molar refractivity (Wildman–Crippen MR) is 90.8 cm³/mol. The van der Waals surface area contributed by atoms with E-state index in [2.05, 4.69) is 41.4 Å². The van der Waals surface area contributed by atoms with Gasteiger partial charge in [0.1, 0.15) is 5.75 Å². The molecule has 3 rings (SSSR count). The molecule has 1 heterocycles. The number of aromatic nitrogens is 2. The van der Waals surface area contributed by atoms with Crippen LogP contribution in [-0.4, -0.2) is 10.2 Å². The number of nitrogens with zero attached hydrogens (tertiary/aromatic N) is 2. The molecule has 0 saturated carbocycles. The first-order valence-electron chi connectivity index (χ1n) is 7.08. The Balaban J connectivity index is 1.51. The molecule has 0 N–H and O–H groups in total. The maximum atomic E-state index is 5.83. The lowest BCUT2D eigenvalue weighted by atomic mass is 10.2. The molecule has 23 heavy (non-hydrogen) atoms. The van der Waals surface area contributed by atoms with Crippen molar-refractivity contribution in [2.45, 2.75) is 24.5 Å². The van der Waals surface area contributed by atoms with Crippen molar-refractivity contribution in [1.82, 2.24) is 10.2 Å².